The minimum atomic E-state index is -0.704. The summed E-state index contributed by atoms with van der Waals surface area (Å²) in [6.45, 7) is 5.67. The van der Waals surface area contributed by atoms with Crippen molar-refractivity contribution in [1.29, 1.82) is 0 Å². The number of aromatic amines is 1. The second kappa shape index (κ2) is 7.67. The molecular formula is C20H21ClFN3O3. The summed E-state index contributed by atoms with van der Waals surface area (Å²) in [4.78, 5) is 18.9. The van der Waals surface area contributed by atoms with Crippen LogP contribution in [0.15, 0.2) is 30.3 Å². The number of carbonyl (C=O) groups excluding carboxylic acids is 1. The number of benzene rings is 1. The molecule has 0 atom stereocenters. The number of alkyl carbamates (subject to hydrolysis) is 1. The molecule has 1 aromatic carbocycles. The Morgan fingerprint density at radius 2 is 2.04 bits per heavy atom. The molecule has 0 saturated carbocycles. The number of halogens is 2. The highest BCUT2D eigenvalue weighted by Gasteiger charge is 2.16. The van der Waals surface area contributed by atoms with Gasteiger partial charge in [0.25, 0.3) is 5.95 Å². The molecule has 0 fully saturated rings. The second-order valence-electron chi connectivity index (χ2n) is 7.26. The van der Waals surface area contributed by atoms with Crippen molar-refractivity contribution in [2.24, 2.45) is 0 Å². The molecule has 2 aromatic heterocycles. The number of nitrogens with one attached hydrogen (secondary N) is 2. The molecule has 0 aliphatic rings. The first-order chi connectivity index (χ1) is 13.2. The van der Waals surface area contributed by atoms with E-state index in [1.165, 1.54) is 13.2 Å². The number of amides is 1. The third kappa shape index (κ3) is 4.54. The first kappa shape index (κ1) is 19.9. The lowest BCUT2D eigenvalue weighted by molar-refractivity contribution is 0.0523. The highest BCUT2D eigenvalue weighted by molar-refractivity contribution is 6.34. The lowest BCUT2D eigenvalue weighted by Gasteiger charge is -2.19. The van der Waals surface area contributed by atoms with E-state index in [0.717, 1.165) is 16.6 Å². The Balaban J connectivity index is 1.83. The molecule has 2 heterocycles. The van der Waals surface area contributed by atoms with E-state index in [-0.39, 0.29) is 12.3 Å². The molecule has 28 heavy (non-hydrogen) atoms. The summed E-state index contributed by atoms with van der Waals surface area (Å²) >= 11 is 6.38. The maximum atomic E-state index is 13.9. The van der Waals surface area contributed by atoms with Crippen LogP contribution in [0.1, 0.15) is 26.5 Å². The van der Waals surface area contributed by atoms with Gasteiger partial charge in [-0.15, -0.1) is 0 Å². The summed E-state index contributed by atoms with van der Waals surface area (Å²) in [6, 6.07) is 8.59. The van der Waals surface area contributed by atoms with Gasteiger partial charge in [-0.3, -0.25) is 0 Å². The maximum absolute atomic E-state index is 13.9. The van der Waals surface area contributed by atoms with Crippen molar-refractivity contribution in [3.05, 3.63) is 47.0 Å². The van der Waals surface area contributed by atoms with Gasteiger partial charge in [0, 0.05) is 22.2 Å². The van der Waals surface area contributed by atoms with Crippen molar-refractivity contribution >= 4 is 28.6 Å². The zero-order valence-electron chi connectivity index (χ0n) is 16.0. The Kier molecular flexibility index (Phi) is 5.47. The van der Waals surface area contributed by atoms with Crippen LogP contribution >= 0.6 is 11.6 Å². The van der Waals surface area contributed by atoms with E-state index in [2.05, 4.69) is 15.3 Å². The number of methoxy groups -OCH3 is 1. The largest absolute Gasteiger partial charge is 0.492 e. The van der Waals surface area contributed by atoms with Gasteiger partial charge < -0.3 is 19.8 Å². The van der Waals surface area contributed by atoms with Crippen LogP contribution in [0.2, 0.25) is 5.02 Å². The Hall–Kier alpha value is -2.80. The molecule has 0 spiro atoms. The van der Waals surface area contributed by atoms with Gasteiger partial charge in [-0.05, 0) is 51.1 Å². The maximum Gasteiger partial charge on any atom is 0.407 e. The summed E-state index contributed by atoms with van der Waals surface area (Å²) in [6.07, 6.45) is -0.497. The lowest BCUT2D eigenvalue weighted by Crippen LogP contribution is -2.32. The standard InChI is InChI=1S/C20H21ClFN3O3/c1-20(2,3)28-19(26)23-10-12-7-11-8-14(21)13(9-16(11)24-12)15-5-6-17(27-4)18(22)25-15/h5-9,24H,10H2,1-4H3,(H,23,26). The van der Waals surface area contributed by atoms with Gasteiger partial charge in [0.2, 0.25) is 0 Å². The second-order valence-corrected chi connectivity index (χ2v) is 7.67. The van der Waals surface area contributed by atoms with E-state index in [0.29, 0.717) is 16.3 Å². The smallest absolute Gasteiger partial charge is 0.407 e. The molecule has 0 radical (unpaired) electrons. The third-order valence-corrected chi connectivity index (χ3v) is 4.21. The topological polar surface area (TPSA) is 76.2 Å². The number of H-pyrrole nitrogens is 1. The van der Waals surface area contributed by atoms with E-state index in [4.69, 9.17) is 21.1 Å². The quantitative estimate of drug-likeness (QED) is 0.595. The van der Waals surface area contributed by atoms with Gasteiger partial charge in [0.1, 0.15) is 5.60 Å². The van der Waals surface area contributed by atoms with Gasteiger partial charge in [-0.25, -0.2) is 9.78 Å². The molecule has 148 valence electrons. The summed E-state index contributed by atoms with van der Waals surface area (Å²) in [5, 5.41) is 4.00. The monoisotopic (exact) mass is 405 g/mol. The fourth-order valence-corrected chi connectivity index (χ4v) is 2.98. The normalized spacial score (nSPS) is 11.5. The van der Waals surface area contributed by atoms with Crippen molar-refractivity contribution in [2.75, 3.05) is 7.11 Å². The zero-order chi connectivity index (χ0) is 20.5. The molecule has 0 aliphatic heterocycles. The molecule has 0 unspecified atom stereocenters. The Morgan fingerprint density at radius 3 is 2.68 bits per heavy atom. The predicted octanol–water partition coefficient (Wildman–Crippen LogP) is 5.06. The molecule has 2 N–H and O–H groups in total. The molecular weight excluding hydrogens is 385 g/mol. The molecule has 0 saturated heterocycles. The van der Waals surface area contributed by atoms with Crippen molar-refractivity contribution in [1.82, 2.24) is 15.3 Å². The summed E-state index contributed by atoms with van der Waals surface area (Å²) in [5.41, 5.74) is 1.99. The Morgan fingerprint density at radius 1 is 1.29 bits per heavy atom. The number of nitrogens with zero attached hydrogens (tertiary/aromatic N) is 1. The first-order valence-corrected chi connectivity index (χ1v) is 9.03. The predicted molar refractivity (Wildman–Crippen MR) is 106 cm³/mol. The fourth-order valence-electron chi connectivity index (χ4n) is 2.71. The van der Waals surface area contributed by atoms with E-state index in [1.54, 1.807) is 39.0 Å². The number of ether oxygens (including phenoxy) is 2. The van der Waals surface area contributed by atoms with E-state index >= 15 is 0 Å². The molecule has 0 aliphatic carbocycles. The van der Waals surface area contributed by atoms with Crippen LogP contribution in [-0.4, -0.2) is 28.8 Å². The first-order valence-electron chi connectivity index (χ1n) is 8.65. The average Bonchev–Trinajstić information content (AvgIpc) is 2.99. The highest BCUT2D eigenvalue weighted by Crippen LogP contribution is 2.32. The van der Waals surface area contributed by atoms with Crippen molar-refractivity contribution in [3.8, 4) is 17.0 Å². The van der Waals surface area contributed by atoms with Crippen LogP contribution in [0.3, 0.4) is 0 Å². The van der Waals surface area contributed by atoms with Crippen molar-refractivity contribution < 1.29 is 18.7 Å². The average molecular weight is 406 g/mol. The van der Waals surface area contributed by atoms with E-state index in [1.807, 2.05) is 6.07 Å². The van der Waals surface area contributed by atoms with Gasteiger partial charge in [0.05, 0.1) is 24.4 Å². The molecule has 6 nitrogen and oxygen atoms in total. The summed E-state index contributed by atoms with van der Waals surface area (Å²) < 4.78 is 24.1. The van der Waals surface area contributed by atoms with E-state index < -0.39 is 17.6 Å². The SMILES string of the molecule is COc1ccc(-c2cc3[nH]c(CNC(=O)OC(C)(C)C)cc3cc2Cl)nc1F. The number of fused-ring (bicyclic) bond motifs is 1. The third-order valence-electron chi connectivity index (χ3n) is 3.90. The Labute approximate surface area is 167 Å². The minimum absolute atomic E-state index is 0.0660. The molecule has 8 heteroatoms. The summed E-state index contributed by atoms with van der Waals surface area (Å²) in [5.74, 6) is -0.638. The van der Waals surface area contributed by atoms with Crippen LogP contribution < -0.4 is 10.1 Å². The molecule has 1 amide bonds. The number of pyridine rings is 1. The highest BCUT2D eigenvalue weighted by atomic mass is 35.5. The zero-order valence-corrected chi connectivity index (χ0v) is 16.8. The van der Waals surface area contributed by atoms with Gasteiger partial charge in [0.15, 0.2) is 5.75 Å². The van der Waals surface area contributed by atoms with Crippen molar-refractivity contribution in [3.63, 3.8) is 0 Å². The van der Waals surface area contributed by atoms with Crippen LogP contribution in [-0.2, 0) is 11.3 Å². The minimum Gasteiger partial charge on any atom is -0.492 e. The van der Waals surface area contributed by atoms with Crippen LogP contribution in [0.25, 0.3) is 22.2 Å². The van der Waals surface area contributed by atoms with Gasteiger partial charge in [-0.1, -0.05) is 11.6 Å². The van der Waals surface area contributed by atoms with Gasteiger partial charge >= 0.3 is 6.09 Å². The van der Waals surface area contributed by atoms with Crippen molar-refractivity contribution in [2.45, 2.75) is 32.9 Å². The Bertz CT molecular complexity index is 1030. The van der Waals surface area contributed by atoms with E-state index in [9.17, 15) is 9.18 Å². The number of rotatable bonds is 4. The number of carbonyl (C=O) groups is 1. The summed E-state index contributed by atoms with van der Waals surface area (Å²) in [7, 11) is 1.38. The molecule has 0 bridgehead atoms. The molecule has 3 aromatic rings. The number of aromatic nitrogens is 2. The van der Waals surface area contributed by atoms with Crippen LogP contribution in [0, 0.1) is 5.95 Å². The number of hydrogen-bond acceptors (Lipinski definition) is 4. The van der Waals surface area contributed by atoms with Crippen LogP contribution in [0.4, 0.5) is 9.18 Å². The lowest BCUT2D eigenvalue weighted by atomic mass is 10.1. The van der Waals surface area contributed by atoms with Crippen LogP contribution in [0.5, 0.6) is 5.75 Å². The van der Waals surface area contributed by atoms with Gasteiger partial charge in [-0.2, -0.15) is 4.39 Å². The molecule has 3 rings (SSSR count). The fraction of sp³-hybridized carbons (Fsp3) is 0.300. The number of hydrogen-bond donors (Lipinski definition) is 2.